The number of phenolic OH excluding ortho intramolecular Hbond substituents is 1. The normalized spacial score (nSPS) is 17.0. The lowest BCUT2D eigenvalue weighted by Gasteiger charge is -2.16. The first kappa shape index (κ1) is 16.1. The van der Waals surface area contributed by atoms with Crippen LogP contribution in [0.15, 0.2) is 23.0 Å². The van der Waals surface area contributed by atoms with Gasteiger partial charge in [-0.05, 0) is 25.0 Å². The summed E-state index contributed by atoms with van der Waals surface area (Å²) in [5.74, 6) is 0.765. The summed E-state index contributed by atoms with van der Waals surface area (Å²) in [7, 11) is 3.13. The van der Waals surface area contributed by atoms with Gasteiger partial charge in [0.1, 0.15) is 17.3 Å². The molecule has 1 aliphatic heterocycles. The Hall–Kier alpha value is -2.77. The first-order valence-electron chi connectivity index (χ1n) is 7.80. The van der Waals surface area contributed by atoms with Crippen LogP contribution in [0.1, 0.15) is 29.0 Å². The van der Waals surface area contributed by atoms with Gasteiger partial charge in [0.2, 0.25) is 0 Å². The van der Waals surface area contributed by atoms with Crippen LogP contribution in [0.5, 0.6) is 11.5 Å². The van der Waals surface area contributed by atoms with E-state index in [1.54, 1.807) is 17.7 Å². The van der Waals surface area contributed by atoms with Crippen LogP contribution in [0.4, 0.5) is 0 Å². The van der Waals surface area contributed by atoms with Crippen LogP contribution in [-0.2, 0) is 20.0 Å². The Kier molecular flexibility index (Phi) is 4.28. The van der Waals surface area contributed by atoms with Gasteiger partial charge >= 0.3 is 5.69 Å². The summed E-state index contributed by atoms with van der Waals surface area (Å²) in [6.07, 6.45) is 1.95. The first-order chi connectivity index (χ1) is 11.5. The molecule has 8 heteroatoms. The number of amides is 1. The third kappa shape index (κ3) is 2.99. The van der Waals surface area contributed by atoms with Gasteiger partial charge < -0.3 is 15.2 Å². The van der Waals surface area contributed by atoms with Gasteiger partial charge in [-0.2, -0.15) is 5.10 Å². The maximum atomic E-state index is 12.4. The molecule has 1 amide bonds. The van der Waals surface area contributed by atoms with Crippen LogP contribution in [-0.4, -0.2) is 38.5 Å². The van der Waals surface area contributed by atoms with Gasteiger partial charge in [0, 0.05) is 32.1 Å². The number of aromatic nitrogens is 3. The number of aryl methyl sites for hydroxylation is 2. The molecule has 8 nitrogen and oxygen atoms in total. The lowest BCUT2D eigenvalue weighted by Crippen LogP contribution is -2.35. The molecule has 0 saturated carbocycles. The number of phenols is 1. The summed E-state index contributed by atoms with van der Waals surface area (Å²) < 4.78 is 8.00. The van der Waals surface area contributed by atoms with E-state index in [9.17, 15) is 14.7 Å². The molecule has 2 N–H and O–H groups in total. The van der Waals surface area contributed by atoms with Crippen molar-refractivity contribution in [3.8, 4) is 11.5 Å². The number of hydrogen-bond acceptors (Lipinski definition) is 5. The SMILES string of the molecule is COc1ccc(C(=O)NC2CCc3nn(C)c(=O)n3CC2)c(O)c1. The molecule has 24 heavy (non-hydrogen) atoms. The number of ether oxygens (including phenoxy) is 1. The smallest absolute Gasteiger partial charge is 0.345 e. The molecule has 1 aromatic heterocycles. The highest BCUT2D eigenvalue weighted by molar-refractivity contribution is 5.97. The van der Waals surface area contributed by atoms with Crippen molar-refractivity contribution < 1.29 is 14.6 Å². The number of nitrogens with zero attached hydrogens (tertiary/aromatic N) is 3. The molecule has 0 spiro atoms. The second-order valence-corrected chi connectivity index (χ2v) is 5.85. The number of carbonyl (C=O) groups is 1. The summed E-state index contributed by atoms with van der Waals surface area (Å²) in [6.45, 7) is 0.515. The summed E-state index contributed by atoms with van der Waals surface area (Å²) in [5.41, 5.74) is 0.0680. The van der Waals surface area contributed by atoms with Crippen molar-refractivity contribution in [3.05, 3.63) is 40.1 Å². The number of nitrogens with one attached hydrogen (secondary N) is 1. The number of aromatic hydroxyl groups is 1. The Bertz CT molecular complexity index is 824. The number of carbonyl (C=O) groups excluding carboxylic acids is 1. The van der Waals surface area contributed by atoms with E-state index in [4.69, 9.17) is 4.74 Å². The minimum Gasteiger partial charge on any atom is -0.507 e. The van der Waals surface area contributed by atoms with Crippen molar-refractivity contribution in [1.29, 1.82) is 0 Å². The zero-order valence-corrected chi connectivity index (χ0v) is 13.7. The first-order valence-corrected chi connectivity index (χ1v) is 7.80. The van der Waals surface area contributed by atoms with Crippen LogP contribution >= 0.6 is 0 Å². The molecule has 1 aromatic carbocycles. The number of rotatable bonds is 3. The predicted molar refractivity (Wildman–Crippen MR) is 86.3 cm³/mol. The highest BCUT2D eigenvalue weighted by atomic mass is 16.5. The Labute approximate surface area is 138 Å². The average Bonchev–Trinajstić information content (AvgIpc) is 2.72. The van der Waals surface area contributed by atoms with E-state index in [0.717, 1.165) is 5.82 Å². The molecule has 1 aliphatic rings. The van der Waals surface area contributed by atoms with Gasteiger partial charge in [-0.15, -0.1) is 0 Å². The second kappa shape index (κ2) is 6.38. The van der Waals surface area contributed by atoms with E-state index >= 15 is 0 Å². The van der Waals surface area contributed by atoms with E-state index in [2.05, 4.69) is 10.4 Å². The average molecular weight is 332 g/mol. The minimum absolute atomic E-state index is 0.0783. The van der Waals surface area contributed by atoms with Crippen molar-refractivity contribution in [1.82, 2.24) is 19.7 Å². The van der Waals surface area contributed by atoms with E-state index in [-0.39, 0.29) is 29.0 Å². The van der Waals surface area contributed by atoms with Crippen LogP contribution in [0.2, 0.25) is 0 Å². The fourth-order valence-corrected chi connectivity index (χ4v) is 2.94. The van der Waals surface area contributed by atoms with Crippen LogP contribution in [0, 0.1) is 0 Å². The number of methoxy groups -OCH3 is 1. The second-order valence-electron chi connectivity index (χ2n) is 5.85. The summed E-state index contributed by atoms with van der Waals surface area (Å²) >= 11 is 0. The monoisotopic (exact) mass is 332 g/mol. The third-order valence-electron chi connectivity index (χ3n) is 4.29. The van der Waals surface area contributed by atoms with E-state index < -0.39 is 0 Å². The minimum atomic E-state index is -0.340. The molecular formula is C16H20N4O4. The zero-order chi connectivity index (χ0) is 17.3. The van der Waals surface area contributed by atoms with Gasteiger partial charge in [-0.3, -0.25) is 9.36 Å². The fourth-order valence-electron chi connectivity index (χ4n) is 2.94. The summed E-state index contributed by atoms with van der Waals surface area (Å²) in [5, 5.41) is 17.1. The highest BCUT2D eigenvalue weighted by Crippen LogP contribution is 2.23. The van der Waals surface area contributed by atoms with Crippen molar-refractivity contribution in [3.63, 3.8) is 0 Å². The van der Waals surface area contributed by atoms with E-state index in [1.165, 1.54) is 23.9 Å². The lowest BCUT2D eigenvalue weighted by atomic mass is 10.1. The Morgan fingerprint density at radius 1 is 1.42 bits per heavy atom. The van der Waals surface area contributed by atoms with Gasteiger partial charge in [0.05, 0.1) is 12.7 Å². The largest absolute Gasteiger partial charge is 0.507 e. The van der Waals surface area contributed by atoms with Crippen molar-refractivity contribution >= 4 is 5.91 Å². The van der Waals surface area contributed by atoms with Crippen molar-refractivity contribution in [2.45, 2.75) is 31.8 Å². The molecule has 0 saturated heterocycles. The topological polar surface area (TPSA) is 98.4 Å². The molecule has 0 radical (unpaired) electrons. The quantitative estimate of drug-likeness (QED) is 0.849. The van der Waals surface area contributed by atoms with E-state index in [0.29, 0.717) is 31.6 Å². The Morgan fingerprint density at radius 3 is 2.92 bits per heavy atom. The van der Waals surface area contributed by atoms with Crippen LogP contribution in [0.25, 0.3) is 0 Å². The molecule has 1 atom stereocenters. The summed E-state index contributed by atoms with van der Waals surface area (Å²) in [4.78, 5) is 24.3. The molecule has 2 aromatic rings. The molecule has 2 heterocycles. The van der Waals surface area contributed by atoms with Gasteiger partial charge in [-0.25, -0.2) is 9.48 Å². The van der Waals surface area contributed by atoms with Gasteiger partial charge in [0.15, 0.2) is 0 Å². The molecular weight excluding hydrogens is 312 g/mol. The van der Waals surface area contributed by atoms with Gasteiger partial charge in [0.25, 0.3) is 5.91 Å². The molecule has 128 valence electrons. The third-order valence-corrected chi connectivity index (χ3v) is 4.29. The highest BCUT2D eigenvalue weighted by Gasteiger charge is 2.22. The number of hydrogen-bond donors (Lipinski definition) is 2. The maximum Gasteiger partial charge on any atom is 0.345 e. The number of fused-ring (bicyclic) bond motifs is 1. The number of benzene rings is 1. The predicted octanol–water partition coefficient (Wildman–Crippen LogP) is 0.431. The summed E-state index contributed by atoms with van der Waals surface area (Å²) in [6, 6.07) is 4.48. The fraction of sp³-hybridized carbons (Fsp3) is 0.438. The maximum absolute atomic E-state index is 12.4. The molecule has 0 aliphatic carbocycles. The van der Waals surface area contributed by atoms with Crippen LogP contribution in [0.3, 0.4) is 0 Å². The van der Waals surface area contributed by atoms with Crippen LogP contribution < -0.4 is 15.7 Å². The standard InChI is InChI=1S/C16H20N4O4/c1-19-16(23)20-8-7-10(3-6-14(20)18-19)17-15(22)12-5-4-11(24-2)9-13(12)21/h4-5,9-10,21H,3,6-8H2,1-2H3,(H,17,22). The van der Waals surface area contributed by atoms with Crippen molar-refractivity contribution in [2.75, 3.05) is 7.11 Å². The molecule has 3 rings (SSSR count). The molecule has 0 fully saturated rings. The van der Waals surface area contributed by atoms with Gasteiger partial charge in [-0.1, -0.05) is 0 Å². The van der Waals surface area contributed by atoms with E-state index in [1.807, 2.05) is 0 Å². The van der Waals surface area contributed by atoms with Crippen molar-refractivity contribution in [2.24, 2.45) is 7.05 Å². The molecule has 0 bridgehead atoms. The molecule has 1 unspecified atom stereocenters. The zero-order valence-electron chi connectivity index (χ0n) is 13.7. The lowest BCUT2D eigenvalue weighted by molar-refractivity contribution is 0.0930. The Morgan fingerprint density at radius 2 is 2.21 bits per heavy atom. The Balaban J connectivity index is 1.69.